The average molecular weight is 427 g/mol. The smallest absolute Gasteiger partial charge is 0.248 e. The number of hydrazone groups is 1. The van der Waals surface area contributed by atoms with Gasteiger partial charge in [-0.25, -0.2) is 0 Å². The van der Waals surface area contributed by atoms with Crippen molar-refractivity contribution in [3.63, 3.8) is 0 Å². The second kappa shape index (κ2) is 7.92. The number of ketones is 1. The molecule has 7 nitrogen and oxygen atoms in total. The molecule has 3 aromatic carbocycles. The lowest BCUT2D eigenvalue weighted by molar-refractivity contribution is -0.529. The molecular formula is C25H21N3O4. The van der Waals surface area contributed by atoms with Crippen molar-refractivity contribution in [2.24, 2.45) is 5.10 Å². The molecule has 7 heteroatoms. The lowest BCUT2D eigenvalue weighted by Gasteiger charge is -2.30. The molecule has 3 aromatic rings. The van der Waals surface area contributed by atoms with Crippen LogP contribution in [0, 0.1) is 10.1 Å². The number of carbonyl (C=O) groups excluding carboxylic acids is 1. The molecule has 0 spiro atoms. The zero-order valence-corrected chi connectivity index (χ0v) is 17.4. The van der Waals surface area contributed by atoms with Gasteiger partial charge in [0.2, 0.25) is 6.04 Å². The van der Waals surface area contributed by atoms with Gasteiger partial charge in [0.1, 0.15) is 17.8 Å². The fraction of sp³-hybridized carbons (Fsp3) is 0.200. The SMILES string of the molecule is COc1ccc([C@H]2[C@@H]([N+](=O)[O-])[C@@H]3c4ccccc4C=NN3[C@@H]2C(=O)c2ccccc2)cc1. The van der Waals surface area contributed by atoms with Gasteiger partial charge in [-0.1, -0.05) is 66.7 Å². The van der Waals surface area contributed by atoms with Crippen LogP contribution in [-0.2, 0) is 0 Å². The first-order valence-electron chi connectivity index (χ1n) is 10.4. The Bertz CT molecular complexity index is 1190. The summed E-state index contributed by atoms with van der Waals surface area (Å²) in [5.74, 6) is -0.217. The van der Waals surface area contributed by atoms with Gasteiger partial charge in [0.25, 0.3) is 0 Å². The Morgan fingerprint density at radius 2 is 1.69 bits per heavy atom. The number of nitrogens with zero attached hydrogens (tertiary/aromatic N) is 3. The Kier molecular flexibility index (Phi) is 4.93. The number of fused-ring (bicyclic) bond motifs is 3. The van der Waals surface area contributed by atoms with E-state index < -0.39 is 24.0 Å². The van der Waals surface area contributed by atoms with E-state index in [2.05, 4.69) is 5.10 Å². The third-order valence-corrected chi connectivity index (χ3v) is 6.32. The van der Waals surface area contributed by atoms with Gasteiger partial charge in [-0.2, -0.15) is 5.10 Å². The molecule has 5 rings (SSSR count). The molecule has 160 valence electrons. The second-order valence-electron chi connectivity index (χ2n) is 7.95. The fourth-order valence-corrected chi connectivity index (χ4v) is 4.88. The summed E-state index contributed by atoms with van der Waals surface area (Å²) in [6, 6.07) is 21.1. The van der Waals surface area contributed by atoms with Crippen molar-refractivity contribution < 1.29 is 14.5 Å². The van der Waals surface area contributed by atoms with Crippen LogP contribution in [0.3, 0.4) is 0 Å². The molecule has 0 aliphatic carbocycles. The maximum Gasteiger partial charge on any atom is 0.248 e. The molecule has 2 aliphatic heterocycles. The van der Waals surface area contributed by atoms with Crippen LogP contribution < -0.4 is 4.74 Å². The van der Waals surface area contributed by atoms with Crippen LogP contribution in [0.25, 0.3) is 0 Å². The number of carbonyl (C=O) groups is 1. The van der Waals surface area contributed by atoms with Crippen molar-refractivity contribution in [1.82, 2.24) is 5.01 Å². The summed E-state index contributed by atoms with van der Waals surface area (Å²) in [7, 11) is 1.57. The highest BCUT2D eigenvalue weighted by Crippen LogP contribution is 2.49. The van der Waals surface area contributed by atoms with Crippen LogP contribution in [0.1, 0.15) is 39.0 Å². The van der Waals surface area contributed by atoms with Gasteiger partial charge in [-0.05, 0) is 23.3 Å². The van der Waals surface area contributed by atoms with Gasteiger partial charge in [0, 0.05) is 16.1 Å². The Labute approximate surface area is 185 Å². The van der Waals surface area contributed by atoms with Gasteiger partial charge >= 0.3 is 0 Å². The predicted molar refractivity (Wildman–Crippen MR) is 120 cm³/mol. The minimum Gasteiger partial charge on any atom is -0.497 e. The number of methoxy groups -OCH3 is 1. The third kappa shape index (κ3) is 3.13. The highest BCUT2D eigenvalue weighted by Gasteiger charge is 2.60. The van der Waals surface area contributed by atoms with Crippen LogP contribution in [0.2, 0.25) is 0 Å². The number of rotatable bonds is 5. The summed E-state index contributed by atoms with van der Waals surface area (Å²) < 4.78 is 5.26. The van der Waals surface area contributed by atoms with Crippen LogP contribution >= 0.6 is 0 Å². The minimum atomic E-state index is -1.04. The Morgan fingerprint density at radius 1 is 1.00 bits per heavy atom. The van der Waals surface area contributed by atoms with Gasteiger partial charge in [-0.3, -0.25) is 19.9 Å². The van der Waals surface area contributed by atoms with Crippen molar-refractivity contribution >= 4 is 12.0 Å². The van der Waals surface area contributed by atoms with E-state index in [4.69, 9.17) is 4.74 Å². The van der Waals surface area contributed by atoms with E-state index in [1.54, 1.807) is 66.9 Å². The van der Waals surface area contributed by atoms with E-state index in [1.807, 2.05) is 30.3 Å². The molecular weight excluding hydrogens is 406 g/mol. The zero-order valence-electron chi connectivity index (χ0n) is 17.4. The summed E-state index contributed by atoms with van der Waals surface area (Å²) in [5.41, 5.74) is 2.87. The molecule has 0 amide bonds. The molecule has 1 fully saturated rings. The number of hydrogen-bond acceptors (Lipinski definition) is 6. The first kappa shape index (κ1) is 19.9. The van der Waals surface area contributed by atoms with Crippen molar-refractivity contribution in [3.8, 4) is 5.75 Å². The molecule has 1 saturated heterocycles. The van der Waals surface area contributed by atoms with Crippen LogP contribution in [0.15, 0.2) is 84.0 Å². The Hall–Kier alpha value is -4.00. The summed E-state index contributed by atoms with van der Waals surface area (Å²) in [5, 5.41) is 18.7. The minimum absolute atomic E-state index is 0.183. The van der Waals surface area contributed by atoms with Gasteiger partial charge in [-0.15, -0.1) is 0 Å². The topological polar surface area (TPSA) is 85.0 Å². The number of ether oxygens (including phenoxy) is 1. The van der Waals surface area contributed by atoms with Crippen LogP contribution in [-0.4, -0.2) is 41.1 Å². The number of nitro groups is 1. The lowest BCUT2D eigenvalue weighted by Crippen LogP contribution is -2.38. The molecule has 0 bridgehead atoms. The maximum absolute atomic E-state index is 13.7. The van der Waals surface area contributed by atoms with Crippen LogP contribution in [0.5, 0.6) is 5.75 Å². The summed E-state index contributed by atoms with van der Waals surface area (Å²) in [6.07, 6.45) is 1.69. The molecule has 0 unspecified atom stereocenters. The molecule has 2 heterocycles. The van der Waals surface area contributed by atoms with Gasteiger partial charge in [0.15, 0.2) is 5.78 Å². The molecule has 0 radical (unpaired) electrons. The standard InChI is InChI=1S/C25H21N3O4/c1-32-19-13-11-16(12-14-19)21-23(28(30)31)22-20-10-6-5-9-18(20)15-26-27(22)24(21)25(29)17-7-3-2-4-8-17/h2-15,21-24H,1H3/t21-,22-,23+,24-/m0/s1. The van der Waals surface area contributed by atoms with Crippen molar-refractivity contribution in [3.05, 3.63) is 111 Å². The zero-order chi connectivity index (χ0) is 22.2. The summed E-state index contributed by atoms with van der Waals surface area (Å²) in [6.45, 7) is 0. The molecule has 2 aliphatic rings. The number of hydrogen-bond donors (Lipinski definition) is 0. The molecule has 0 N–H and O–H groups in total. The lowest BCUT2D eigenvalue weighted by atomic mass is 9.82. The van der Waals surface area contributed by atoms with E-state index in [-0.39, 0.29) is 10.7 Å². The second-order valence-corrected chi connectivity index (χ2v) is 7.95. The summed E-state index contributed by atoms with van der Waals surface area (Å²) >= 11 is 0. The number of benzene rings is 3. The molecule has 0 aromatic heterocycles. The van der Waals surface area contributed by atoms with Crippen molar-refractivity contribution in [1.29, 1.82) is 0 Å². The average Bonchev–Trinajstić information content (AvgIpc) is 3.20. The van der Waals surface area contributed by atoms with Crippen molar-refractivity contribution in [2.75, 3.05) is 7.11 Å². The fourth-order valence-electron chi connectivity index (χ4n) is 4.88. The van der Waals surface area contributed by atoms with Gasteiger partial charge in [0.05, 0.1) is 19.2 Å². The van der Waals surface area contributed by atoms with Crippen molar-refractivity contribution in [2.45, 2.75) is 24.0 Å². The normalized spacial score (nSPS) is 23.3. The van der Waals surface area contributed by atoms with E-state index in [0.717, 1.165) is 11.1 Å². The van der Waals surface area contributed by atoms with E-state index in [9.17, 15) is 14.9 Å². The molecule has 32 heavy (non-hydrogen) atoms. The monoisotopic (exact) mass is 427 g/mol. The van der Waals surface area contributed by atoms with Crippen LogP contribution in [0.4, 0.5) is 0 Å². The maximum atomic E-state index is 13.7. The highest BCUT2D eigenvalue weighted by atomic mass is 16.6. The van der Waals surface area contributed by atoms with E-state index in [0.29, 0.717) is 16.9 Å². The predicted octanol–water partition coefficient (Wildman–Crippen LogP) is 4.08. The highest BCUT2D eigenvalue weighted by molar-refractivity contribution is 6.01. The summed E-state index contributed by atoms with van der Waals surface area (Å²) in [4.78, 5) is 25.9. The largest absolute Gasteiger partial charge is 0.497 e. The van der Waals surface area contributed by atoms with E-state index in [1.165, 1.54) is 0 Å². The molecule has 0 saturated carbocycles. The Balaban J connectivity index is 1.69. The van der Waals surface area contributed by atoms with E-state index >= 15 is 0 Å². The van der Waals surface area contributed by atoms with Gasteiger partial charge < -0.3 is 4.74 Å². The Morgan fingerprint density at radius 3 is 2.38 bits per heavy atom. The quantitative estimate of drug-likeness (QED) is 0.348. The molecule has 4 atom stereocenters. The first-order valence-corrected chi connectivity index (χ1v) is 10.4. The first-order chi connectivity index (χ1) is 15.6. The third-order valence-electron chi connectivity index (χ3n) is 6.32. The number of Topliss-reactive ketones (excluding diaryl/α,β-unsaturated/α-hetero) is 1.